The molecule has 7 nitrogen and oxygen atoms in total. The van der Waals surface area contributed by atoms with Crippen molar-refractivity contribution in [1.29, 1.82) is 0 Å². The van der Waals surface area contributed by atoms with E-state index in [1.54, 1.807) is 23.0 Å². The molecule has 2 N–H and O–H groups in total. The Balaban J connectivity index is 1.76. The monoisotopic (exact) mass is 400 g/mol. The number of hydrogen-bond acceptors (Lipinski definition) is 6. The van der Waals surface area contributed by atoms with E-state index in [1.807, 2.05) is 45.9 Å². The van der Waals surface area contributed by atoms with Gasteiger partial charge in [-0.15, -0.1) is 11.3 Å². The number of thiazole rings is 1. The number of benzene rings is 1. The Hall–Kier alpha value is -2.74. The van der Waals surface area contributed by atoms with Crippen molar-refractivity contribution in [2.45, 2.75) is 39.7 Å². The molecule has 0 radical (unpaired) electrons. The minimum atomic E-state index is -1.02. The number of fused-ring (bicyclic) bond motifs is 1. The molecule has 1 aromatic carbocycles. The first-order valence-corrected chi connectivity index (χ1v) is 9.93. The third kappa shape index (κ3) is 4.75. The first-order valence-electron chi connectivity index (χ1n) is 9.05. The van der Waals surface area contributed by atoms with E-state index in [0.29, 0.717) is 13.0 Å². The maximum absolute atomic E-state index is 10.9. The molecule has 0 aliphatic carbocycles. The lowest BCUT2D eigenvalue weighted by atomic mass is 9.92. The fourth-order valence-electron chi connectivity index (χ4n) is 3.35. The van der Waals surface area contributed by atoms with Crippen LogP contribution in [0.2, 0.25) is 0 Å². The highest BCUT2D eigenvalue weighted by Crippen LogP contribution is 2.36. The quantitative estimate of drug-likeness (QED) is 0.605. The summed E-state index contributed by atoms with van der Waals surface area (Å²) in [6, 6.07) is 5.81. The topological polar surface area (TPSA) is 97.2 Å². The van der Waals surface area contributed by atoms with Crippen LogP contribution in [0.3, 0.4) is 0 Å². The maximum atomic E-state index is 10.9. The number of aromatic nitrogens is 3. The van der Waals surface area contributed by atoms with Crippen molar-refractivity contribution in [2.24, 2.45) is 5.92 Å². The number of carbonyl (C=O) groups is 1. The number of hydrogen-bond donors (Lipinski definition) is 2. The molecule has 0 unspecified atom stereocenters. The number of aryl methyl sites for hydroxylation is 1. The summed E-state index contributed by atoms with van der Waals surface area (Å²) in [6.07, 6.45) is 1.40. The van der Waals surface area contributed by atoms with Crippen LogP contribution in [0, 0.1) is 12.8 Å². The first kappa shape index (κ1) is 20.0. The molecule has 2 aromatic heterocycles. The van der Waals surface area contributed by atoms with E-state index in [9.17, 15) is 4.79 Å². The van der Waals surface area contributed by atoms with Crippen molar-refractivity contribution in [3.8, 4) is 17.0 Å². The van der Waals surface area contributed by atoms with E-state index in [0.717, 1.165) is 33.0 Å². The summed E-state index contributed by atoms with van der Waals surface area (Å²) in [5, 5.41) is 11.5. The van der Waals surface area contributed by atoms with Gasteiger partial charge in [0.1, 0.15) is 17.1 Å². The second-order valence-electron chi connectivity index (χ2n) is 7.56. The van der Waals surface area contributed by atoms with Gasteiger partial charge >= 0.3 is 6.09 Å². The summed E-state index contributed by atoms with van der Waals surface area (Å²) < 4.78 is 7.07. The van der Waals surface area contributed by atoms with Crippen LogP contribution in [0.5, 0.6) is 5.75 Å². The molecule has 8 heteroatoms. The minimum Gasteiger partial charge on any atom is -0.491 e. The standard InChI is InChI=1S/C20H24N4O3S/c1-12(9-20(3,4)24-19(25)26)10-27-16-6-5-14(18-17(16)22-11-28-18)15-7-8-21-13(2)23-15/h5-8,11-12,24H,9-10H2,1-4H3,(H,25,26)/t12-/m0/s1. The Labute approximate surface area is 167 Å². The van der Waals surface area contributed by atoms with E-state index in [2.05, 4.69) is 20.3 Å². The third-order valence-corrected chi connectivity index (χ3v) is 5.19. The highest BCUT2D eigenvalue weighted by atomic mass is 32.1. The van der Waals surface area contributed by atoms with Crippen LogP contribution in [0.15, 0.2) is 29.9 Å². The zero-order chi connectivity index (χ0) is 20.3. The lowest BCUT2D eigenvalue weighted by Gasteiger charge is -2.28. The molecule has 0 fully saturated rings. The van der Waals surface area contributed by atoms with Crippen molar-refractivity contribution < 1.29 is 14.6 Å². The van der Waals surface area contributed by atoms with Gasteiger partial charge in [0.25, 0.3) is 0 Å². The normalized spacial score (nSPS) is 12.7. The smallest absolute Gasteiger partial charge is 0.405 e. The van der Waals surface area contributed by atoms with Gasteiger partial charge in [0, 0.05) is 17.3 Å². The van der Waals surface area contributed by atoms with Crippen molar-refractivity contribution in [3.63, 3.8) is 0 Å². The molecule has 2 heterocycles. The van der Waals surface area contributed by atoms with Crippen LogP contribution in [0.25, 0.3) is 21.5 Å². The van der Waals surface area contributed by atoms with Gasteiger partial charge in [-0.05, 0) is 51.3 Å². The fraction of sp³-hybridized carbons (Fsp3) is 0.400. The Morgan fingerprint density at radius 1 is 1.32 bits per heavy atom. The SMILES string of the molecule is Cc1nccc(-c2ccc(OC[C@@H](C)CC(C)(C)NC(=O)O)c3ncsc23)n1. The molecular weight excluding hydrogens is 376 g/mol. The predicted molar refractivity (Wildman–Crippen MR) is 110 cm³/mol. The Kier molecular flexibility index (Phi) is 5.79. The van der Waals surface area contributed by atoms with E-state index in [-0.39, 0.29) is 5.92 Å². The summed E-state index contributed by atoms with van der Waals surface area (Å²) in [5.41, 5.74) is 3.98. The molecule has 1 atom stereocenters. The molecule has 0 saturated heterocycles. The van der Waals surface area contributed by atoms with Crippen LogP contribution in [-0.2, 0) is 0 Å². The van der Waals surface area contributed by atoms with Gasteiger partial charge in [-0.25, -0.2) is 19.7 Å². The van der Waals surface area contributed by atoms with Crippen LogP contribution in [-0.4, -0.2) is 38.3 Å². The molecule has 3 rings (SSSR count). The Morgan fingerprint density at radius 3 is 2.82 bits per heavy atom. The van der Waals surface area contributed by atoms with Crippen LogP contribution in [0.4, 0.5) is 4.79 Å². The summed E-state index contributed by atoms with van der Waals surface area (Å²) >= 11 is 1.55. The maximum Gasteiger partial charge on any atom is 0.405 e. The summed E-state index contributed by atoms with van der Waals surface area (Å²) in [7, 11) is 0. The van der Waals surface area contributed by atoms with Crippen molar-refractivity contribution in [2.75, 3.05) is 6.61 Å². The molecule has 3 aromatic rings. The molecule has 0 aliphatic heterocycles. The van der Waals surface area contributed by atoms with E-state index in [1.165, 1.54) is 0 Å². The second kappa shape index (κ2) is 8.10. The average molecular weight is 401 g/mol. The highest BCUT2D eigenvalue weighted by molar-refractivity contribution is 7.17. The third-order valence-electron chi connectivity index (χ3n) is 4.33. The van der Waals surface area contributed by atoms with Gasteiger partial charge in [0.05, 0.1) is 22.5 Å². The van der Waals surface area contributed by atoms with Gasteiger partial charge < -0.3 is 15.2 Å². The number of rotatable bonds is 7. The highest BCUT2D eigenvalue weighted by Gasteiger charge is 2.23. The summed E-state index contributed by atoms with van der Waals surface area (Å²) in [5.74, 6) is 1.61. The number of carboxylic acid groups (broad SMARTS) is 1. The molecule has 0 aliphatic rings. The van der Waals surface area contributed by atoms with E-state index in [4.69, 9.17) is 9.84 Å². The number of ether oxygens (including phenoxy) is 1. The van der Waals surface area contributed by atoms with Gasteiger partial charge in [-0.2, -0.15) is 0 Å². The zero-order valence-corrected chi connectivity index (χ0v) is 17.2. The van der Waals surface area contributed by atoms with Crippen molar-refractivity contribution >= 4 is 27.6 Å². The zero-order valence-electron chi connectivity index (χ0n) is 16.4. The number of amides is 1. The molecule has 1 amide bonds. The minimum absolute atomic E-state index is 0.166. The van der Waals surface area contributed by atoms with Gasteiger partial charge in [0.2, 0.25) is 0 Å². The van der Waals surface area contributed by atoms with Crippen molar-refractivity contribution in [3.05, 3.63) is 35.7 Å². The number of nitrogens with zero attached hydrogens (tertiary/aromatic N) is 3. The van der Waals surface area contributed by atoms with Gasteiger partial charge in [-0.1, -0.05) is 6.92 Å². The molecule has 0 bridgehead atoms. The molecule has 28 heavy (non-hydrogen) atoms. The average Bonchev–Trinajstić information content (AvgIpc) is 3.07. The predicted octanol–water partition coefficient (Wildman–Crippen LogP) is 4.51. The summed E-state index contributed by atoms with van der Waals surface area (Å²) in [4.78, 5) is 24.1. The fourth-order valence-corrected chi connectivity index (χ4v) is 4.18. The van der Waals surface area contributed by atoms with Crippen LogP contribution >= 0.6 is 11.3 Å². The van der Waals surface area contributed by atoms with E-state index >= 15 is 0 Å². The van der Waals surface area contributed by atoms with Gasteiger partial charge in [0.15, 0.2) is 0 Å². The lowest BCUT2D eigenvalue weighted by molar-refractivity contribution is 0.169. The Bertz CT molecular complexity index is 986. The molecule has 0 saturated carbocycles. The molecule has 0 spiro atoms. The largest absolute Gasteiger partial charge is 0.491 e. The molecule has 148 valence electrons. The first-order chi connectivity index (χ1) is 13.2. The molecular formula is C20H24N4O3S. The lowest BCUT2D eigenvalue weighted by Crippen LogP contribution is -2.44. The second-order valence-corrected chi connectivity index (χ2v) is 8.42. The van der Waals surface area contributed by atoms with Crippen molar-refractivity contribution in [1.82, 2.24) is 20.3 Å². The Morgan fingerprint density at radius 2 is 2.11 bits per heavy atom. The van der Waals surface area contributed by atoms with E-state index < -0.39 is 11.6 Å². The van der Waals surface area contributed by atoms with Crippen LogP contribution < -0.4 is 10.1 Å². The number of nitrogens with one attached hydrogen (secondary N) is 1. The van der Waals surface area contributed by atoms with Crippen LogP contribution in [0.1, 0.15) is 33.0 Å². The summed E-state index contributed by atoms with van der Waals surface area (Å²) in [6.45, 7) is 8.13. The van der Waals surface area contributed by atoms with Gasteiger partial charge in [-0.3, -0.25) is 0 Å².